The van der Waals surface area contributed by atoms with Gasteiger partial charge in [0, 0.05) is 23.8 Å². The van der Waals surface area contributed by atoms with Crippen LogP contribution < -0.4 is 5.32 Å². The molecule has 1 atom stereocenters. The number of nitrogens with zero attached hydrogens (tertiary/aromatic N) is 1. The number of carbonyl (C=O) groups excluding carboxylic acids is 1. The Morgan fingerprint density at radius 2 is 2.14 bits per heavy atom. The Hall–Kier alpha value is -1.85. The highest BCUT2D eigenvalue weighted by molar-refractivity contribution is 6.30. The van der Waals surface area contributed by atoms with Gasteiger partial charge in [-0.1, -0.05) is 23.7 Å². The van der Waals surface area contributed by atoms with Crippen molar-refractivity contribution in [3.63, 3.8) is 0 Å². The summed E-state index contributed by atoms with van der Waals surface area (Å²) in [7, 11) is 1.60. The maximum absolute atomic E-state index is 12.1. The van der Waals surface area contributed by atoms with E-state index in [9.17, 15) is 4.79 Å². The van der Waals surface area contributed by atoms with Gasteiger partial charge in [0.2, 0.25) is 0 Å². The molecule has 2 rings (SSSR count). The zero-order valence-electron chi connectivity index (χ0n) is 11.9. The predicted molar refractivity (Wildman–Crippen MR) is 80.4 cm³/mol. The Kier molecular flexibility index (Phi) is 5.36. The summed E-state index contributed by atoms with van der Waals surface area (Å²) in [4.78, 5) is 12.1. The standard InChI is InChI=1S/C15H17ClN2O3/c1-3-12(9-20-2)17-15(19)13-8-14(21-18-13)10-4-6-11(16)7-5-10/h4-8,12H,3,9H2,1-2H3,(H,17,19). The van der Waals surface area contributed by atoms with E-state index >= 15 is 0 Å². The van der Waals surface area contributed by atoms with E-state index < -0.39 is 0 Å². The van der Waals surface area contributed by atoms with Gasteiger partial charge in [0.05, 0.1) is 12.6 Å². The molecular formula is C15H17ClN2O3. The molecule has 0 aliphatic heterocycles. The number of ether oxygens (including phenoxy) is 1. The molecule has 0 saturated carbocycles. The van der Waals surface area contributed by atoms with Gasteiger partial charge in [-0.25, -0.2) is 0 Å². The van der Waals surface area contributed by atoms with Gasteiger partial charge < -0.3 is 14.6 Å². The second-order valence-electron chi connectivity index (χ2n) is 4.62. The minimum atomic E-state index is -0.275. The van der Waals surface area contributed by atoms with Crippen molar-refractivity contribution < 1.29 is 14.1 Å². The van der Waals surface area contributed by atoms with E-state index in [2.05, 4.69) is 10.5 Å². The lowest BCUT2D eigenvalue weighted by Gasteiger charge is -2.14. The summed E-state index contributed by atoms with van der Waals surface area (Å²) in [6.45, 7) is 2.44. The van der Waals surface area contributed by atoms with Gasteiger partial charge in [-0.05, 0) is 30.7 Å². The molecule has 0 spiro atoms. The zero-order valence-corrected chi connectivity index (χ0v) is 12.7. The molecule has 0 radical (unpaired) electrons. The van der Waals surface area contributed by atoms with E-state index in [-0.39, 0.29) is 17.6 Å². The average Bonchev–Trinajstić information content (AvgIpc) is 2.97. The highest BCUT2D eigenvalue weighted by Crippen LogP contribution is 2.22. The van der Waals surface area contributed by atoms with Crippen LogP contribution in [0.2, 0.25) is 5.02 Å². The summed E-state index contributed by atoms with van der Waals surface area (Å²) in [5, 5.41) is 7.29. The van der Waals surface area contributed by atoms with Crippen LogP contribution >= 0.6 is 11.6 Å². The highest BCUT2D eigenvalue weighted by atomic mass is 35.5. The Bertz CT molecular complexity index is 595. The average molecular weight is 309 g/mol. The number of methoxy groups -OCH3 is 1. The first-order valence-electron chi connectivity index (χ1n) is 6.66. The molecule has 1 unspecified atom stereocenters. The maximum Gasteiger partial charge on any atom is 0.273 e. The lowest BCUT2D eigenvalue weighted by Crippen LogP contribution is -2.37. The summed E-state index contributed by atoms with van der Waals surface area (Å²) in [5.74, 6) is 0.250. The van der Waals surface area contributed by atoms with Crippen LogP contribution in [-0.2, 0) is 4.74 Å². The van der Waals surface area contributed by atoms with Crippen molar-refractivity contribution in [2.24, 2.45) is 0 Å². The van der Waals surface area contributed by atoms with Crippen LogP contribution in [0.5, 0.6) is 0 Å². The summed E-state index contributed by atoms with van der Waals surface area (Å²) >= 11 is 5.84. The molecule has 1 N–H and O–H groups in total. The minimum absolute atomic E-state index is 0.0434. The van der Waals surface area contributed by atoms with Crippen LogP contribution in [0.3, 0.4) is 0 Å². The third-order valence-electron chi connectivity index (χ3n) is 3.07. The molecule has 21 heavy (non-hydrogen) atoms. The van der Waals surface area contributed by atoms with Crippen molar-refractivity contribution in [3.05, 3.63) is 41.0 Å². The quantitative estimate of drug-likeness (QED) is 0.890. The predicted octanol–water partition coefficient (Wildman–Crippen LogP) is 3.15. The molecule has 1 aromatic carbocycles. The van der Waals surface area contributed by atoms with E-state index in [1.165, 1.54) is 0 Å². The molecule has 1 aromatic heterocycles. The molecule has 0 fully saturated rings. The largest absolute Gasteiger partial charge is 0.383 e. The second-order valence-corrected chi connectivity index (χ2v) is 5.05. The fourth-order valence-electron chi connectivity index (χ4n) is 1.85. The summed E-state index contributed by atoms with van der Waals surface area (Å²) in [6, 6.07) is 8.70. The van der Waals surface area contributed by atoms with E-state index in [0.717, 1.165) is 12.0 Å². The van der Waals surface area contributed by atoms with Crippen LogP contribution in [-0.4, -0.2) is 30.8 Å². The Morgan fingerprint density at radius 3 is 2.76 bits per heavy atom. The smallest absolute Gasteiger partial charge is 0.273 e. The van der Waals surface area contributed by atoms with E-state index in [1.54, 1.807) is 25.3 Å². The highest BCUT2D eigenvalue weighted by Gasteiger charge is 2.16. The van der Waals surface area contributed by atoms with Crippen LogP contribution in [0.15, 0.2) is 34.9 Å². The van der Waals surface area contributed by atoms with Gasteiger partial charge in [0.15, 0.2) is 11.5 Å². The van der Waals surface area contributed by atoms with E-state index in [1.807, 2.05) is 19.1 Å². The van der Waals surface area contributed by atoms with Crippen LogP contribution in [0.25, 0.3) is 11.3 Å². The number of carbonyl (C=O) groups is 1. The zero-order chi connectivity index (χ0) is 15.2. The van der Waals surface area contributed by atoms with Gasteiger partial charge >= 0.3 is 0 Å². The topological polar surface area (TPSA) is 64.4 Å². The molecule has 1 amide bonds. The maximum atomic E-state index is 12.1. The third kappa shape index (κ3) is 4.06. The molecule has 6 heteroatoms. The van der Waals surface area contributed by atoms with Crippen LogP contribution in [0.4, 0.5) is 0 Å². The van der Waals surface area contributed by atoms with Crippen LogP contribution in [0, 0.1) is 0 Å². The number of aromatic nitrogens is 1. The molecular weight excluding hydrogens is 292 g/mol. The molecule has 0 bridgehead atoms. The fraction of sp³-hybridized carbons (Fsp3) is 0.333. The molecule has 0 aliphatic rings. The van der Waals surface area contributed by atoms with E-state index in [4.69, 9.17) is 20.9 Å². The van der Waals surface area contributed by atoms with Crippen molar-refractivity contribution in [3.8, 4) is 11.3 Å². The van der Waals surface area contributed by atoms with Crippen molar-refractivity contribution in [2.45, 2.75) is 19.4 Å². The van der Waals surface area contributed by atoms with Gasteiger partial charge in [-0.15, -0.1) is 0 Å². The van der Waals surface area contributed by atoms with Gasteiger partial charge in [-0.3, -0.25) is 4.79 Å². The van der Waals surface area contributed by atoms with Crippen molar-refractivity contribution >= 4 is 17.5 Å². The number of benzene rings is 1. The minimum Gasteiger partial charge on any atom is -0.383 e. The number of amides is 1. The van der Waals surface area contributed by atoms with Crippen LogP contribution in [0.1, 0.15) is 23.8 Å². The first-order valence-corrected chi connectivity index (χ1v) is 7.04. The second kappa shape index (κ2) is 7.24. The lowest BCUT2D eigenvalue weighted by molar-refractivity contribution is 0.0886. The summed E-state index contributed by atoms with van der Waals surface area (Å²) in [5.41, 5.74) is 1.06. The SMILES string of the molecule is CCC(COC)NC(=O)c1cc(-c2ccc(Cl)cc2)on1. The molecule has 112 valence electrons. The number of rotatable bonds is 6. The van der Waals surface area contributed by atoms with Crippen molar-refractivity contribution in [2.75, 3.05) is 13.7 Å². The molecule has 1 heterocycles. The normalized spacial score (nSPS) is 12.1. The number of nitrogens with one attached hydrogen (secondary N) is 1. The first-order chi connectivity index (χ1) is 10.1. The first kappa shape index (κ1) is 15.5. The number of hydrogen-bond acceptors (Lipinski definition) is 4. The Balaban J connectivity index is 2.08. The lowest BCUT2D eigenvalue weighted by atomic mass is 10.1. The van der Waals surface area contributed by atoms with Crippen molar-refractivity contribution in [1.82, 2.24) is 10.5 Å². The van der Waals surface area contributed by atoms with Gasteiger partial charge in [0.25, 0.3) is 5.91 Å². The van der Waals surface area contributed by atoms with Crippen molar-refractivity contribution in [1.29, 1.82) is 0 Å². The summed E-state index contributed by atoms with van der Waals surface area (Å²) < 4.78 is 10.2. The fourth-order valence-corrected chi connectivity index (χ4v) is 1.98. The molecule has 5 nitrogen and oxygen atoms in total. The Labute approximate surface area is 128 Å². The van der Waals surface area contributed by atoms with Gasteiger partial charge in [-0.2, -0.15) is 0 Å². The molecule has 2 aromatic rings. The molecule has 0 aliphatic carbocycles. The number of halogens is 1. The monoisotopic (exact) mass is 308 g/mol. The number of hydrogen-bond donors (Lipinski definition) is 1. The van der Waals surface area contributed by atoms with Gasteiger partial charge in [0.1, 0.15) is 0 Å². The summed E-state index contributed by atoms with van der Waals surface area (Å²) in [6.07, 6.45) is 0.779. The Morgan fingerprint density at radius 1 is 1.43 bits per heavy atom. The third-order valence-corrected chi connectivity index (χ3v) is 3.32. The van der Waals surface area contributed by atoms with E-state index in [0.29, 0.717) is 17.4 Å². The molecule has 0 saturated heterocycles.